The van der Waals surface area contributed by atoms with Crippen molar-refractivity contribution in [2.75, 3.05) is 32.5 Å². The standard InChI is InChI=1S/C16H20ClN3O2.ClH/c1-22-14-4-13(18)12(17)3-10(14)16(21)19-15-9-2-8-5-20(6-9)7-11(8)15;/h3-4,8-9,11,15H,2,5-7,18H2,1H3,(H,19,21);1H. The van der Waals surface area contributed by atoms with Crippen LogP contribution in [0.2, 0.25) is 5.02 Å². The number of nitrogens with two attached hydrogens (primary N) is 1. The second-order valence-electron chi connectivity index (χ2n) is 6.71. The minimum atomic E-state index is -0.116. The Kier molecular flexibility index (Phi) is 4.38. The van der Waals surface area contributed by atoms with Crippen molar-refractivity contribution >= 4 is 35.6 Å². The number of nitrogens with one attached hydrogen (secondary N) is 1. The average molecular weight is 358 g/mol. The van der Waals surface area contributed by atoms with E-state index in [4.69, 9.17) is 22.1 Å². The summed E-state index contributed by atoms with van der Waals surface area (Å²) in [6.07, 6.45) is 1.24. The van der Waals surface area contributed by atoms with Crippen molar-refractivity contribution in [3.8, 4) is 5.75 Å². The number of hydrogen-bond acceptors (Lipinski definition) is 4. The van der Waals surface area contributed by atoms with E-state index in [2.05, 4.69) is 10.2 Å². The molecule has 5 atom stereocenters. The Morgan fingerprint density at radius 2 is 2.09 bits per heavy atom. The van der Waals surface area contributed by atoms with Crippen LogP contribution in [0.5, 0.6) is 5.75 Å². The Morgan fingerprint density at radius 3 is 2.78 bits per heavy atom. The summed E-state index contributed by atoms with van der Waals surface area (Å²) >= 11 is 6.06. The number of carbonyl (C=O) groups is 1. The number of amides is 1. The van der Waals surface area contributed by atoms with Crippen LogP contribution in [0.4, 0.5) is 5.69 Å². The highest BCUT2D eigenvalue weighted by molar-refractivity contribution is 6.33. The van der Waals surface area contributed by atoms with E-state index in [-0.39, 0.29) is 24.4 Å². The molecule has 5 nitrogen and oxygen atoms in total. The highest BCUT2D eigenvalue weighted by Crippen LogP contribution is 2.47. The van der Waals surface area contributed by atoms with Crippen LogP contribution in [-0.4, -0.2) is 43.6 Å². The van der Waals surface area contributed by atoms with Crippen LogP contribution in [0.15, 0.2) is 12.1 Å². The second kappa shape index (κ2) is 6.04. The number of piperidine rings is 2. The zero-order valence-electron chi connectivity index (χ0n) is 12.9. The van der Waals surface area contributed by atoms with E-state index < -0.39 is 0 Å². The van der Waals surface area contributed by atoms with Crippen molar-refractivity contribution in [1.82, 2.24) is 10.2 Å². The minimum absolute atomic E-state index is 0. The summed E-state index contributed by atoms with van der Waals surface area (Å²) in [6, 6.07) is 3.48. The van der Waals surface area contributed by atoms with Crippen molar-refractivity contribution in [3.63, 3.8) is 0 Å². The predicted octanol–water partition coefficient (Wildman–Crippen LogP) is 2.03. The van der Waals surface area contributed by atoms with Gasteiger partial charge in [0.05, 0.1) is 23.4 Å². The average Bonchev–Trinajstić information content (AvgIpc) is 2.91. The SMILES string of the molecule is COc1cc(N)c(Cl)cc1C(=O)NC1C2CC3CN(C2)CC31.Cl. The lowest BCUT2D eigenvalue weighted by molar-refractivity contribution is 0.0875. The predicted molar refractivity (Wildman–Crippen MR) is 92.4 cm³/mol. The first-order valence-corrected chi connectivity index (χ1v) is 8.11. The third kappa shape index (κ3) is 2.65. The topological polar surface area (TPSA) is 67.6 Å². The lowest BCUT2D eigenvalue weighted by Crippen LogP contribution is -2.50. The number of benzene rings is 1. The highest BCUT2D eigenvalue weighted by Gasteiger charge is 2.53. The van der Waals surface area contributed by atoms with Crippen molar-refractivity contribution < 1.29 is 9.53 Å². The van der Waals surface area contributed by atoms with Gasteiger partial charge < -0.3 is 20.7 Å². The molecular formula is C16H21Cl2N3O2. The van der Waals surface area contributed by atoms with Gasteiger partial charge in [-0.1, -0.05) is 11.6 Å². The Hall–Kier alpha value is -1.17. The zero-order valence-corrected chi connectivity index (χ0v) is 14.5. The molecule has 1 aliphatic carbocycles. The molecular weight excluding hydrogens is 337 g/mol. The van der Waals surface area contributed by atoms with Gasteiger partial charge in [0.1, 0.15) is 5.75 Å². The van der Waals surface area contributed by atoms with Crippen molar-refractivity contribution in [2.24, 2.45) is 17.8 Å². The molecule has 1 aromatic carbocycles. The van der Waals surface area contributed by atoms with Gasteiger partial charge in [-0.2, -0.15) is 0 Å². The third-order valence-corrected chi connectivity index (χ3v) is 5.82. The molecule has 4 bridgehead atoms. The number of anilines is 1. The summed E-state index contributed by atoms with van der Waals surface area (Å²) in [5.74, 6) is 2.28. The maximum Gasteiger partial charge on any atom is 0.255 e. The van der Waals surface area contributed by atoms with E-state index >= 15 is 0 Å². The molecule has 5 unspecified atom stereocenters. The van der Waals surface area contributed by atoms with Gasteiger partial charge in [-0.15, -0.1) is 12.4 Å². The fraction of sp³-hybridized carbons (Fsp3) is 0.562. The molecule has 4 fully saturated rings. The van der Waals surface area contributed by atoms with E-state index in [1.54, 1.807) is 12.1 Å². The van der Waals surface area contributed by atoms with E-state index in [1.165, 1.54) is 20.1 Å². The fourth-order valence-electron chi connectivity index (χ4n) is 4.57. The number of ether oxygens (including phenoxy) is 1. The second-order valence-corrected chi connectivity index (χ2v) is 7.12. The van der Waals surface area contributed by atoms with Crippen molar-refractivity contribution in [1.29, 1.82) is 0 Å². The normalized spacial score (nSPS) is 33.4. The number of hydrogen-bond donors (Lipinski definition) is 2. The molecule has 3 N–H and O–H groups in total. The lowest BCUT2D eigenvalue weighted by Gasteiger charge is -2.35. The van der Waals surface area contributed by atoms with Gasteiger partial charge in [0.2, 0.25) is 0 Å². The quantitative estimate of drug-likeness (QED) is 0.812. The molecule has 5 rings (SSSR count). The molecule has 0 spiro atoms. The van der Waals surface area contributed by atoms with Gasteiger partial charge in [-0.25, -0.2) is 0 Å². The van der Waals surface area contributed by atoms with Crippen LogP contribution in [0.1, 0.15) is 16.8 Å². The minimum Gasteiger partial charge on any atom is -0.496 e. The van der Waals surface area contributed by atoms with Crippen LogP contribution in [0, 0.1) is 17.8 Å². The molecule has 23 heavy (non-hydrogen) atoms. The van der Waals surface area contributed by atoms with Gasteiger partial charge in [-0.3, -0.25) is 4.79 Å². The molecule has 3 heterocycles. The number of nitrogen functional groups attached to an aromatic ring is 1. The number of rotatable bonds is 3. The van der Waals surface area contributed by atoms with Crippen LogP contribution in [0.3, 0.4) is 0 Å². The van der Waals surface area contributed by atoms with Crippen LogP contribution in [0.25, 0.3) is 0 Å². The lowest BCUT2D eigenvalue weighted by atomic mass is 9.93. The summed E-state index contributed by atoms with van der Waals surface area (Å²) in [7, 11) is 1.53. The van der Waals surface area contributed by atoms with Gasteiger partial charge in [0, 0.05) is 31.7 Å². The first kappa shape index (κ1) is 16.7. The maximum absolute atomic E-state index is 12.7. The van der Waals surface area contributed by atoms with Crippen molar-refractivity contribution in [3.05, 3.63) is 22.7 Å². The largest absolute Gasteiger partial charge is 0.496 e. The van der Waals surface area contributed by atoms with Crippen LogP contribution >= 0.6 is 24.0 Å². The number of halogens is 2. The highest BCUT2D eigenvalue weighted by atomic mass is 35.5. The van der Waals surface area contributed by atoms with Crippen LogP contribution < -0.4 is 15.8 Å². The van der Waals surface area contributed by atoms with Crippen molar-refractivity contribution in [2.45, 2.75) is 12.5 Å². The van der Waals surface area contributed by atoms with Gasteiger partial charge >= 0.3 is 0 Å². The molecule has 4 aliphatic rings. The molecule has 126 valence electrons. The number of methoxy groups -OCH3 is 1. The molecule has 3 aliphatic heterocycles. The number of nitrogens with zero attached hydrogens (tertiary/aromatic N) is 1. The first-order valence-electron chi connectivity index (χ1n) is 7.73. The molecule has 1 saturated carbocycles. The van der Waals surface area contributed by atoms with Gasteiger partial charge in [-0.05, 0) is 30.2 Å². The van der Waals surface area contributed by atoms with E-state index in [0.29, 0.717) is 33.9 Å². The van der Waals surface area contributed by atoms with E-state index in [1.807, 2.05) is 0 Å². The van der Waals surface area contributed by atoms with Gasteiger partial charge in [0.25, 0.3) is 5.91 Å². The first-order chi connectivity index (χ1) is 10.6. The molecule has 3 saturated heterocycles. The summed E-state index contributed by atoms with van der Waals surface area (Å²) < 4.78 is 5.28. The Morgan fingerprint density at radius 1 is 1.35 bits per heavy atom. The van der Waals surface area contributed by atoms with Crippen LogP contribution in [-0.2, 0) is 0 Å². The molecule has 0 aromatic heterocycles. The maximum atomic E-state index is 12.7. The van der Waals surface area contributed by atoms with E-state index in [9.17, 15) is 4.79 Å². The number of carbonyl (C=O) groups excluding carboxylic acids is 1. The summed E-state index contributed by atoms with van der Waals surface area (Å²) in [4.78, 5) is 15.2. The monoisotopic (exact) mass is 357 g/mol. The van der Waals surface area contributed by atoms with E-state index in [0.717, 1.165) is 19.0 Å². The Labute approximate surface area is 146 Å². The Balaban J connectivity index is 0.00000156. The summed E-state index contributed by atoms with van der Waals surface area (Å²) in [6.45, 7) is 3.42. The summed E-state index contributed by atoms with van der Waals surface area (Å²) in [5.41, 5.74) is 6.65. The molecule has 7 heteroatoms. The molecule has 1 aromatic rings. The third-order valence-electron chi connectivity index (χ3n) is 5.50. The zero-order chi connectivity index (χ0) is 15.4. The molecule has 1 amide bonds. The molecule has 0 radical (unpaired) electrons. The smallest absolute Gasteiger partial charge is 0.255 e. The summed E-state index contributed by atoms with van der Waals surface area (Å²) in [5, 5.41) is 3.61. The Bertz CT molecular complexity index is 636. The fourth-order valence-corrected chi connectivity index (χ4v) is 4.73. The van der Waals surface area contributed by atoms with Gasteiger partial charge in [0.15, 0.2) is 0 Å².